The van der Waals surface area contributed by atoms with Gasteiger partial charge >= 0.3 is 0 Å². The van der Waals surface area contributed by atoms with E-state index in [9.17, 15) is 0 Å². The molecule has 0 radical (unpaired) electrons. The van der Waals surface area contributed by atoms with E-state index in [1.54, 1.807) is 0 Å². The van der Waals surface area contributed by atoms with Crippen LogP contribution in [-0.2, 0) is 0 Å². The highest BCUT2D eigenvalue weighted by molar-refractivity contribution is 7.20. The van der Waals surface area contributed by atoms with Crippen molar-refractivity contribution in [3.8, 4) is 68.0 Å². The van der Waals surface area contributed by atoms with Gasteiger partial charge in [0.1, 0.15) is 17.5 Å². The van der Waals surface area contributed by atoms with Crippen LogP contribution < -0.4 is 41.5 Å². The summed E-state index contributed by atoms with van der Waals surface area (Å²) < 4.78 is 14.7. The Morgan fingerprint density at radius 2 is 0.379 bits per heavy atom. The van der Waals surface area contributed by atoms with Crippen LogP contribution in [0.3, 0.4) is 0 Å². The Balaban J connectivity index is 0.653. The summed E-state index contributed by atoms with van der Waals surface area (Å²) >= 11 is 0. The van der Waals surface area contributed by atoms with E-state index < -0.39 is 16.1 Å². The Morgan fingerprint density at radius 1 is 0.143 bits per heavy atom. The Hall–Kier alpha value is -18.1. The first kappa shape index (κ1) is 80.4. The fraction of sp³-hybridized carbons (Fsp3) is 0. The molecule has 0 atom stereocenters. The molecule has 20 aromatic carbocycles. The van der Waals surface area contributed by atoms with Gasteiger partial charge in [-0.25, -0.2) is 9.97 Å². The van der Waals surface area contributed by atoms with Gasteiger partial charge in [-0.1, -0.05) is 400 Å². The molecular formula is C130H86N8Si2. The minimum Gasteiger partial charge on any atom is -0.309 e. The molecule has 0 aliphatic rings. The number of rotatable bonds is 17. The molecule has 0 saturated carbocycles. The van der Waals surface area contributed by atoms with Crippen molar-refractivity contribution in [2.24, 2.45) is 0 Å². The van der Waals surface area contributed by atoms with Crippen LogP contribution in [0.15, 0.2) is 522 Å². The van der Waals surface area contributed by atoms with Gasteiger partial charge in [-0.15, -0.1) is 0 Å². The van der Waals surface area contributed by atoms with Gasteiger partial charge in [0.25, 0.3) is 0 Å². The highest BCUT2D eigenvalue weighted by Gasteiger charge is 2.44. The monoisotopic (exact) mass is 1810 g/mol. The Morgan fingerprint density at radius 3 is 0.679 bits per heavy atom. The molecule has 0 saturated heterocycles. The third-order valence-corrected chi connectivity index (χ3v) is 39.3. The van der Waals surface area contributed by atoms with Gasteiger partial charge in [-0.05, 0) is 173 Å². The number of benzene rings is 20. The number of fused-ring (bicyclic) bond motifs is 18. The van der Waals surface area contributed by atoms with Crippen molar-refractivity contribution in [2.45, 2.75) is 0 Å². The first-order valence-electron chi connectivity index (χ1n) is 48.2. The smallest absolute Gasteiger partial charge is 0.179 e. The lowest BCUT2D eigenvalue weighted by atomic mass is 10.0. The zero-order valence-corrected chi connectivity index (χ0v) is 78.2. The number of aromatic nitrogens is 8. The highest BCUT2D eigenvalue weighted by Crippen LogP contribution is 2.46. The van der Waals surface area contributed by atoms with E-state index in [0.717, 1.165) is 167 Å². The van der Waals surface area contributed by atoms with Gasteiger partial charge in [-0.2, -0.15) is 0 Å². The first-order chi connectivity index (χ1) is 69.5. The number of para-hydroxylation sites is 10. The number of nitrogens with zero attached hydrogens (tertiary/aromatic N) is 8. The van der Waals surface area contributed by atoms with Gasteiger partial charge in [0, 0.05) is 81.8 Å². The molecule has 0 unspecified atom stereocenters. The minimum atomic E-state index is -3.14. The van der Waals surface area contributed by atoms with Crippen LogP contribution in [0.4, 0.5) is 0 Å². The van der Waals surface area contributed by atoms with E-state index in [-0.39, 0.29) is 0 Å². The van der Waals surface area contributed by atoms with E-state index in [1.165, 1.54) is 73.8 Å². The predicted octanol–water partition coefficient (Wildman–Crippen LogP) is 26.8. The SMILES string of the molecule is c1ccc([Si](c2ccccc2)(c2ccccc2)c2ccc(-c3cc(-n4c5ccccc5c5ccccc54)nc(-n4c5ccccc5c5cc(-c6ccc7c(c6)c6ccccc6n7-c6cc(-n7c8ccccc8c8ccccc87)cc(-c7ccc([Si](c8ccccc8)(c8ccccc8)c8ccccc8)cc7-n7c8ccccc8c8ccccc87)n6)ccc54)c3)c(-n3c4ccccc4c4ccccc43)c2)cc1. The van der Waals surface area contributed by atoms with Crippen LogP contribution in [-0.4, -0.2) is 53.5 Å². The summed E-state index contributed by atoms with van der Waals surface area (Å²) in [5.74, 6) is 2.40. The Labute approximate surface area is 809 Å². The minimum absolute atomic E-state index is 0.795. The van der Waals surface area contributed by atoms with Crippen molar-refractivity contribution in [3.05, 3.63) is 522 Å². The second-order valence-corrected chi connectivity index (χ2v) is 44.6. The molecule has 0 bridgehead atoms. The lowest BCUT2D eigenvalue weighted by Crippen LogP contribution is -2.74. The van der Waals surface area contributed by atoms with Gasteiger partial charge in [0.2, 0.25) is 0 Å². The van der Waals surface area contributed by atoms with E-state index in [4.69, 9.17) is 9.97 Å². The fourth-order valence-electron chi connectivity index (χ4n) is 23.8. The second kappa shape index (κ2) is 32.3. The maximum Gasteiger partial charge on any atom is 0.179 e. The topological polar surface area (TPSA) is 55.4 Å². The van der Waals surface area contributed by atoms with Crippen molar-refractivity contribution < 1.29 is 0 Å². The molecule has 8 nitrogen and oxygen atoms in total. The van der Waals surface area contributed by atoms with E-state index in [2.05, 4.69) is 549 Å². The molecule has 0 spiro atoms. The van der Waals surface area contributed by atoms with Crippen LogP contribution >= 0.6 is 0 Å². The molecule has 140 heavy (non-hydrogen) atoms. The molecule has 0 N–H and O–H groups in total. The second-order valence-electron chi connectivity index (χ2n) is 36.9. The summed E-state index contributed by atoms with van der Waals surface area (Å²) in [4.78, 5) is 12.2. The summed E-state index contributed by atoms with van der Waals surface area (Å²) in [5.41, 5.74) is 22.3. The average Bonchev–Trinajstić information content (AvgIpc) is 1.64. The molecule has 28 rings (SSSR count). The van der Waals surface area contributed by atoms with Crippen molar-refractivity contribution >= 4 is 188 Å². The maximum absolute atomic E-state index is 6.17. The average molecular weight is 1820 g/mol. The van der Waals surface area contributed by atoms with Crippen LogP contribution in [0.2, 0.25) is 0 Å². The third kappa shape index (κ3) is 12.3. The van der Waals surface area contributed by atoms with Crippen molar-refractivity contribution in [1.82, 2.24) is 37.4 Å². The van der Waals surface area contributed by atoms with Crippen molar-refractivity contribution in [3.63, 3.8) is 0 Å². The highest BCUT2D eigenvalue weighted by atomic mass is 28.3. The molecule has 0 aliphatic heterocycles. The fourth-order valence-corrected chi connectivity index (χ4v) is 33.3. The van der Waals surface area contributed by atoms with E-state index in [0.29, 0.717) is 0 Å². The number of hydrogen-bond donors (Lipinski definition) is 0. The van der Waals surface area contributed by atoms with Crippen LogP contribution in [0.25, 0.3) is 199 Å². The molecule has 8 heterocycles. The normalized spacial score (nSPS) is 12.1. The van der Waals surface area contributed by atoms with Crippen molar-refractivity contribution in [1.29, 1.82) is 0 Å². The van der Waals surface area contributed by atoms with Gasteiger partial charge in [0.05, 0.1) is 89.0 Å². The van der Waals surface area contributed by atoms with Gasteiger partial charge in [-0.3, -0.25) is 13.7 Å². The summed E-state index contributed by atoms with van der Waals surface area (Å²) in [7, 11) is -6.26. The molecule has 28 aromatic rings. The molecule has 8 aromatic heterocycles. The summed E-state index contributed by atoms with van der Waals surface area (Å²) in [6.07, 6.45) is 0. The third-order valence-electron chi connectivity index (χ3n) is 29.7. The number of hydrogen-bond acceptors (Lipinski definition) is 2. The first-order valence-corrected chi connectivity index (χ1v) is 52.2. The maximum atomic E-state index is 6.17. The Kier molecular flexibility index (Phi) is 18.6. The molecule has 0 amide bonds. The van der Waals surface area contributed by atoms with Crippen LogP contribution in [0.1, 0.15) is 0 Å². The lowest BCUT2D eigenvalue weighted by molar-refractivity contribution is 1.01. The zero-order chi connectivity index (χ0) is 92.1. The van der Waals surface area contributed by atoms with Crippen LogP contribution in [0, 0.1) is 0 Å². The molecule has 0 aliphatic carbocycles. The van der Waals surface area contributed by atoms with Crippen LogP contribution in [0.5, 0.6) is 0 Å². The van der Waals surface area contributed by atoms with Crippen molar-refractivity contribution in [2.75, 3.05) is 0 Å². The predicted molar refractivity (Wildman–Crippen MR) is 592 cm³/mol. The molecule has 10 heteroatoms. The quantitative estimate of drug-likeness (QED) is 0.0674. The molecule has 654 valence electrons. The standard InChI is InChI=1S/C130H86N8Si2/c1-7-39-91(40-8-1)139(92-41-9-2-10-42-92,93-43-11-3-12-44-93)97-73-75-99(126(85-97)134-116-63-31-21-53-102(116)103-54-22-32-64-117(103)134)89-81-128(136-120-67-35-25-57-106(120)107-58-26-36-68-121(107)136)132-129(82-89)137-122-69-37-27-59-108(122)111-79-87(71-77-124(111)137)88-72-78-125-112(80-88)109-60-28-38-70-123(109)138(125)130-84-90(133-114-61-29-19-51-100(114)101-52-20-30-62-115(101)133)83-113(131-130)110-76-74-98(86-127(110)135-118-65-33-23-55-104(118)105-56-24-34-66-119(105)135)140(94-45-13-4-14-46-94,95-47-15-5-16-48-95)96-49-17-6-18-50-96/h1-86H. The van der Waals surface area contributed by atoms with E-state index >= 15 is 0 Å². The lowest BCUT2D eigenvalue weighted by Gasteiger charge is -2.35. The summed E-state index contributed by atoms with van der Waals surface area (Å²) in [5, 5.41) is 24.3. The number of pyridine rings is 2. The van der Waals surface area contributed by atoms with E-state index in [1.807, 2.05) is 0 Å². The van der Waals surface area contributed by atoms with Gasteiger partial charge in [0.15, 0.2) is 16.1 Å². The summed E-state index contributed by atoms with van der Waals surface area (Å²) in [6.45, 7) is 0. The largest absolute Gasteiger partial charge is 0.309 e. The zero-order valence-electron chi connectivity index (χ0n) is 76.2. The molecular weight excluding hydrogens is 1730 g/mol. The van der Waals surface area contributed by atoms with Gasteiger partial charge < -0.3 is 13.7 Å². The molecule has 0 fully saturated rings. The summed E-state index contributed by atoms with van der Waals surface area (Å²) in [6, 6.07) is 195. The Bertz CT molecular complexity index is 8870.